The number of carboxylic acid groups (broad SMARTS) is 1. The minimum atomic E-state index is -4.77. The second-order valence-electron chi connectivity index (χ2n) is 3.79. The second kappa shape index (κ2) is 4.49. The van der Waals surface area contributed by atoms with Gasteiger partial charge in [0.2, 0.25) is 0 Å². The Morgan fingerprint density at radius 2 is 2.11 bits per heavy atom. The van der Waals surface area contributed by atoms with E-state index in [1.807, 2.05) is 0 Å². The standard InChI is InChI=1S/C12H10F3NO3/c1-2-19-7-5-3-4-6-8(11(17)18)10(12(13,14)15)16-9(6)7/h3-5,16H,2H2,1H3,(H,17,18). The molecule has 1 heterocycles. The Morgan fingerprint density at radius 3 is 2.63 bits per heavy atom. The van der Waals surface area contributed by atoms with Crippen LogP contribution >= 0.6 is 0 Å². The molecule has 7 heteroatoms. The summed E-state index contributed by atoms with van der Waals surface area (Å²) >= 11 is 0. The molecule has 1 aromatic heterocycles. The number of rotatable bonds is 3. The maximum atomic E-state index is 12.8. The lowest BCUT2D eigenvalue weighted by Gasteiger charge is -2.04. The Labute approximate surface area is 105 Å². The van der Waals surface area contributed by atoms with Crippen molar-refractivity contribution in [3.8, 4) is 5.75 Å². The van der Waals surface area contributed by atoms with Gasteiger partial charge in [0.05, 0.1) is 17.7 Å². The molecule has 0 bridgehead atoms. The van der Waals surface area contributed by atoms with Crippen LogP contribution in [0.5, 0.6) is 5.75 Å². The van der Waals surface area contributed by atoms with Crippen LogP contribution in [0.25, 0.3) is 10.9 Å². The first-order valence-corrected chi connectivity index (χ1v) is 5.44. The van der Waals surface area contributed by atoms with Gasteiger partial charge in [0.25, 0.3) is 0 Å². The van der Waals surface area contributed by atoms with Crippen molar-refractivity contribution >= 4 is 16.9 Å². The first-order chi connectivity index (χ1) is 8.86. The molecular formula is C12H10F3NO3. The number of aromatic amines is 1. The van der Waals surface area contributed by atoms with E-state index < -0.39 is 23.4 Å². The Kier molecular flexibility index (Phi) is 3.13. The fourth-order valence-corrected chi connectivity index (χ4v) is 1.90. The minimum absolute atomic E-state index is 0.0224. The lowest BCUT2D eigenvalue weighted by molar-refractivity contribution is -0.141. The number of benzene rings is 1. The number of aromatic carboxylic acids is 1. The molecule has 0 spiro atoms. The smallest absolute Gasteiger partial charge is 0.432 e. The highest BCUT2D eigenvalue weighted by atomic mass is 19.4. The van der Waals surface area contributed by atoms with Crippen LogP contribution in [0.1, 0.15) is 23.0 Å². The van der Waals surface area contributed by atoms with Crippen molar-refractivity contribution in [3.63, 3.8) is 0 Å². The summed E-state index contributed by atoms with van der Waals surface area (Å²) in [5.41, 5.74) is -2.03. The van der Waals surface area contributed by atoms with Crippen molar-refractivity contribution in [1.29, 1.82) is 0 Å². The van der Waals surface area contributed by atoms with Crippen LogP contribution in [0.15, 0.2) is 18.2 Å². The van der Waals surface area contributed by atoms with E-state index in [1.165, 1.54) is 18.2 Å². The SMILES string of the molecule is CCOc1cccc2c(C(=O)O)c(C(F)(F)F)[nH]c12. The van der Waals surface area contributed by atoms with Gasteiger partial charge in [-0.05, 0) is 13.0 Å². The third kappa shape index (κ3) is 2.23. The van der Waals surface area contributed by atoms with Gasteiger partial charge in [0.15, 0.2) is 0 Å². The molecule has 19 heavy (non-hydrogen) atoms. The zero-order valence-corrected chi connectivity index (χ0v) is 9.84. The molecule has 2 aromatic rings. The average molecular weight is 273 g/mol. The number of para-hydroxylation sites is 1. The van der Waals surface area contributed by atoms with E-state index in [2.05, 4.69) is 4.98 Å². The number of alkyl halides is 3. The normalized spacial score (nSPS) is 11.8. The molecule has 0 atom stereocenters. The zero-order chi connectivity index (χ0) is 14.2. The van der Waals surface area contributed by atoms with Crippen LogP contribution in [-0.2, 0) is 6.18 Å². The molecule has 0 amide bonds. The van der Waals surface area contributed by atoms with Crippen molar-refractivity contribution in [1.82, 2.24) is 4.98 Å². The lowest BCUT2D eigenvalue weighted by Crippen LogP contribution is -2.11. The summed E-state index contributed by atoms with van der Waals surface area (Å²) in [6.07, 6.45) is -4.77. The number of ether oxygens (including phenoxy) is 1. The molecule has 4 nitrogen and oxygen atoms in total. The van der Waals surface area contributed by atoms with E-state index in [0.29, 0.717) is 0 Å². The van der Waals surface area contributed by atoms with Gasteiger partial charge >= 0.3 is 12.1 Å². The average Bonchev–Trinajstić information content (AvgIpc) is 2.69. The molecular weight excluding hydrogens is 263 g/mol. The molecule has 0 unspecified atom stereocenters. The first kappa shape index (κ1) is 13.3. The number of fused-ring (bicyclic) bond motifs is 1. The Balaban J connectivity index is 2.80. The molecule has 2 N–H and O–H groups in total. The summed E-state index contributed by atoms with van der Waals surface area (Å²) in [5, 5.41) is 8.95. The van der Waals surface area contributed by atoms with Gasteiger partial charge in [0.1, 0.15) is 11.4 Å². The maximum Gasteiger partial charge on any atom is 0.432 e. The Bertz CT molecular complexity index is 631. The number of carboxylic acids is 1. The van der Waals surface area contributed by atoms with Crippen molar-refractivity contribution in [2.45, 2.75) is 13.1 Å². The number of carbonyl (C=O) groups is 1. The highest BCUT2D eigenvalue weighted by molar-refractivity contribution is 6.06. The largest absolute Gasteiger partial charge is 0.492 e. The number of hydrogen-bond donors (Lipinski definition) is 2. The van der Waals surface area contributed by atoms with Crippen LogP contribution in [0.2, 0.25) is 0 Å². The molecule has 0 saturated carbocycles. The van der Waals surface area contributed by atoms with Crippen molar-refractivity contribution in [2.75, 3.05) is 6.61 Å². The molecule has 2 rings (SSSR count). The number of aromatic nitrogens is 1. The van der Waals surface area contributed by atoms with E-state index in [0.717, 1.165) is 0 Å². The number of nitrogens with one attached hydrogen (secondary N) is 1. The van der Waals surface area contributed by atoms with Gasteiger partial charge in [-0.25, -0.2) is 4.79 Å². The zero-order valence-electron chi connectivity index (χ0n) is 9.84. The Hall–Kier alpha value is -2.18. The van der Waals surface area contributed by atoms with Gasteiger partial charge in [0, 0.05) is 5.39 Å². The van der Waals surface area contributed by atoms with Crippen molar-refractivity contribution < 1.29 is 27.8 Å². The molecule has 1 aromatic carbocycles. The molecule has 0 aliphatic carbocycles. The molecule has 0 aliphatic rings. The topological polar surface area (TPSA) is 62.3 Å². The van der Waals surface area contributed by atoms with Gasteiger partial charge in [-0.3, -0.25) is 0 Å². The number of halogens is 3. The minimum Gasteiger partial charge on any atom is -0.492 e. The van der Waals surface area contributed by atoms with Crippen molar-refractivity contribution in [3.05, 3.63) is 29.5 Å². The van der Waals surface area contributed by atoms with Gasteiger partial charge in [-0.1, -0.05) is 12.1 Å². The van der Waals surface area contributed by atoms with E-state index in [4.69, 9.17) is 9.84 Å². The number of hydrogen-bond acceptors (Lipinski definition) is 2. The summed E-state index contributed by atoms with van der Waals surface area (Å²) in [6, 6.07) is 4.24. The van der Waals surface area contributed by atoms with Gasteiger partial charge < -0.3 is 14.8 Å². The van der Waals surface area contributed by atoms with Crippen LogP contribution in [0, 0.1) is 0 Å². The molecule has 102 valence electrons. The van der Waals surface area contributed by atoms with E-state index in [-0.39, 0.29) is 23.3 Å². The first-order valence-electron chi connectivity index (χ1n) is 5.44. The monoisotopic (exact) mass is 273 g/mol. The molecule has 0 aliphatic heterocycles. The number of H-pyrrole nitrogens is 1. The lowest BCUT2D eigenvalue weighted by atomic mass is 10.1. The van der Waals surface area contributed by atoms with Gasteiger partial charge in [-0.2, -0.15) is 13.2 Å². The van der Waals surface area contributed by atoms with E-state index >= 15 is 0 Å². The van der Waals surface area contributed by atoms with Crippen LogP contribution in [0.4, 0.5) is 13.2 Å². The molecule has 0 saturated heterocycles. The summed E-state index contributed by atoms with van der Waals surface area (Å²) in [6.45, 7) is 1.95. The third-order valence-corrected chi connectivity index (χ3v) is 2.59. The summed E-state index contributed by atoms with van der Waals surface area (Å²) < 4.78 is 43.7. The summed E-state index contributed by atoms with van der Waals surface area (Å²) in [7, 11) is 0. The fraction of sp³-hybridized carbons (Fsp3) is 0.250. The van der Waals surface area contributed by atoms with Crippen LogP contribution in [-0.4, -0.2) is 22.7 Å². The molecule has 0 fully saturated rings. The van der Waals surface area contributed by atoms with Crippen LogP contribution in [0.3, 0.4) is 0 Å². The predicted octanol–water partition coefficient (Wildman–Crippen LogP) is 3.28. The van der Waals surface area contributed by atoms with Crippen LogP contribution < -0.4 is 4.74 Å². The second-order valence-corrected chi connectivity index (χ2v) is 3.79. The predicted molar refractivity (Wildman–Crippen MR) is 61.4 cm³/mol. The summed E-state index contributed by atoms with van der Waals surface area (Å²) in [5.74, 6) is -1.44. The van der Waals surface area contributed by atoms with E-state index in [1.54, 1.807) is 6.92 Å². The maximum absolute atomic E-state index is 12.8. The highest BCUT2D eigenvalue weighted by Crippen LogP contribution is 2.38. The fourth-order valence-electron chi connectivity index (χ4n) is 1.90. The molecule has 0 radical (unpaired) electrons. The summed E-state index contributed by atoms with van der Waals surface area (Å²) in [4.78, 5) is 13.2. The quantitative estimate of drug-likeness (QED) is 0.902. The van der Waals surface area contributed by atoms with Crippen molar-refractivity contribution in [2.24, 2.45) is 0 Å². The third-order valence-electron chi connectivity index (χ3n) is 2.59. The highest BCUT2D eigenvalue weighted by Gasteiger charge is 2.39. The Morgan fingerprint density at radius 1 is 1.42 bits per heavy atom. The van der Waals surface area contributed by atoms with Gasteiger partial charge in [-0.15, -0.1) is 0 Å². The van der Waals surface area contributed by atoms with E-state index in [9.17, 15) is 18.0 Å².